The average Bonchev–Trinajstić information content (AvgIpc) is 2.61. The zero-order chi connectivity index (χ0) is 17.4. The number of aromatic hydroxyl groups is 1. The van der Waals surface area contributed by atoms with Gasteiger partial charge in [-0.25, -0.2) is 0 Å². The Labute approximate surface area is 141 Å². The fourth-order valence-corrected chi connectivity index (χ4v) is 2.12. The molecule has 0 unspecified atom stereocenters. The molecule has 2 rings (SSSR count). The summed E-state index contributed by atoms with van der Waals surface area (Å²) in [5, 5.41) is 14.6. The highest BCUT2D eigenvalue weighted by Crippen LogP contribution is 2.09. The van der Waals surface area contributed by atoms with E-state index >= 15 is 0 Å². The Kier molecular flexibility index (Phi) is 6.14. The summed E-state index contributed by atoms with van der Waals surface area (Å²) in [7, 11) is 0. The monoisotopic (exact) mass is 324 g/mol. The Morgan fingerprint density at radius 3 is 2.33 bits per heavy atom. The van der Waals surface area contributed by atoms with Crippen molar-refractivity contribution in [2.24, 2.45) is 0 Å². The minimum Gasteiger partial charge on any atom is -0.508 e. The highest BCUT2D eigenvalue weighted by atomic mass is 16.3. The molecule has 0 saturated heterocycles. The van der Waals surface area contributed by atoms with Crippen LogP contribution in [0, 0.1) is 0 Å². The van der Waals surface area contributed by atoms with Gasteiger partial charge in [0.1, 0.15) is 11.4 Å². The Morgan fingerprint density at radius 2 is 1.71 bits per heavy atom. The van der Waals surface area contributed by atoms with E-state index in [2.05, 4.69) is 10.6 Å². The van der Waals surface area contributed by atoms with Crippen molar-refractivity contribution in [3.05, 3.63) is 77.5 Å². The highest BCUT2D eigenvalue weighted by molar-refractivity contribution is 6.02. The number of hydrogen-bond donors (Lipinski definition) is 3. The van der Waals surface area contributed by atoms with Crippen LogP contribution >= 0.6 is 0 Å². The lowest BCUT2D eigenvalue weighted by atomic mass is 10.1. The minimum atomic E-state index is -0.333. The van der Waals surface area contributed by atoms with Crippen molar-refractivity contribution in [3.8, 4) is 5.75 Å². The van der Waals surface area contributed by atoms with E-state index in [4.69, 9.17) is 0 Å². The van der Waals surface area contributed by atoms with E-state index in [0.29, 0.717) is 18.5 Å². The Bertz CT molecular complexity index is 722. The first-order valence-corrected chi connectivity index (χ1v) is 7.69. The third-order valence-electron chi connectivity index (χ3n) is 3.45. The Balaban J connectivity index is 1.85. The van der Waals surface area contributed by atoms with Crippen LogP contribution in [-0.4, -0.2) is 23.5 Å². The van der Waals surface area contributed by atoms with Crippen LogP contribution in [0.5, 0.6) is 5.75 Å². The number of phenols is 1. The van der Waals surface area contributed by atoms with Crippen molar-refractivity contribution in [3.63, 3.8) is 0 Å². The second kappa shape index (κ2) is 8.53. The molecule has 0 atom stereocenters. The van der Waals surface area contributed by atoms with Gasteiger partial charge in [-0.2, -0.15) is 0 Å². The van der Waals surface area contributed by atoms with Crippen LogP contribution in [0.4, 0.5) is 0 Å². The molecule has 0 aromatic heterocycles. The number of benzene rings is 2. The van der Waals surface area contributed by atoms with Crippen molar-refractivity contribution in [1.29, 1.82) is 0 Å². The van der Waals surface area contributed by atoms with Gasteiger partial charge in [-0.3, -0.25) is 9.59 Å². The molecule has 0 heterocycles. The van der Waals surface area contributed by atoms with E-state index < -0.39 is 0 Å². The number of carbonyl (C=O) groups is 2. The second-order valence-electron chi connectivity index (χ2n) is 5.19. The molecule has 0 aliphatic rings. The van der Waals surface area contributed by atoms with Crippen molar-refractivity contribution in [1.82, 2.24) is 10.6 Å². The van der Waals surface area contributed by atoms with E-state index in [-0.39, 0.29) is 23.3 Å². The summed E-state index contributed by atoms with van der Waals surface area (Å²) in [6.07, 6.45) is 2.20. The summed E-state index contributed by atoms with van der Waals surface area (Å²) < 4.78 is 0. The second-order valence-corrected chi connectivity index (χ2v) is 5.19. The normalized spacial score (nSPS) is 11.0. The maximum Gasteiger partial charge on any atom is 0.267 e. The molecular formula is C19H20N2O3. The van der Waals surface area contributed by atoms with Gasteiger partial charge in [-0.15, -0.1) is 0 Å². The number of allylic oxidation sites excluding steroid dienone is 1. The molecule has 2 aromatic rings. The van der Waals surface area contributed by atoms with Crippen molar-refractivity contribution in [2.75, 3.05) is 6.54 Å². The van der Waals surface area contributed by atoms with E-state index in [1.165, 1.54) is 0 Å². The van der Waals surface area contributed by atoms with Gasteiger partial charge in [0.25, 0.3) is 11.8 Å². The maximum atomic E-state index is 12.2. The molecule has 24 heavy (non-hydrogen) atoms. The number of amides is 2. The third-order valence-corrected chi connectivity index (χ3v) is 3.45. The third kappa shape index (κ3) is 4.98. The molecule has 0 aliphatic carbocycles. The maximum absolute atomic E-state index is 12.2. The molecule has 5 nitrogen and oxygen atoms in total. The molecular weight excluding hydrogens is 304 g/mol. The van der Waals surface area contributed by atoms with Crippen molar-refractivity contribution in [2.45, 2.75) is 13.3 Å². The van der Waals surface area contributed by atoms with Crippen LogP contribution in [0.1, 0.15) is 22.8 Å². The van der Waals surface area contributed by atoms with Crippen molar-refractivity contribution >= 4 is 11.8 Å². The van der Waals surface area contributed by atoms with Gasteiger partial charge in [0.2, 0.25) is 0 Å². The summed E-state index contributed by atoms with van der Waals surface area (Å²) in [5.74, 6) is -0.444. The zero-order valence-corrected chi connectivity index (χ0v) is 13.5. The predicted molar refractivity (Wildman–Crippen MR) is 92.5 cm³/mol. The first-order chi connectivity index (χ1) is 11.6. The largest absolute Gasteiger partial charge is 0.508 e. The molecule has 5 heteroatoms. The fraction of sp³-hybridized carbons (Fsp3) is 0.158. The number of phenolic OH excluding ortho intramolecular Hbond substituents is 1. The van der Waals surface area contributed by atoms with Gasteiger partial charge in [0.15, 0.2) is 0 Å². The average molecular weight is 324 g/mol. The van der Waals surface area contributed by atoms with Gasteiger partial charge < -0.3 is 15.7 Å². The predicted octanol–water partition coefficient (Wildman–Crippen LogP) is 2.38. The van der Waals surface area contributed by atoms with Gasteiger partial charge in [-0.05, 0) is 43.2 Å². The zero-order valence-electron chi connectivity index (χ0n) is 13.5. The van der Waals surface area contributed by atoms with Crippen LogP contribution in [-0.2, 0) is 11.2 Å². The smallest absolute Gasteiger partial charge is 0.267 e. The number of hydrogen-bond acceptors (Lipinski definition) is 3. The Morgan fingerprint density at radius 1 is 1.04 bits per heavy atom. The van der Waals surface area contributed by atoms with Gasteiger partial charge >= 0.3 is 0 Å². The molecule has 0 bridgehead atoms. The molecule has 124 valence electrons. The van der Waals surface area contributed by atoms with Gasteiger partial charge in [-0.1, -0.05) is 36.4 Å². The number of carbonyl (C=O) groups excluding carboxylic acids is 2. The van der Waals surface area contributed by atoms with Crippen LogP contribution in [0.25, 0.3) is 0 Å². The number of nitrogens with one attached hydrogen (secondary N) is 2. The topological polar surface area (TPSA) is 78.4 Å². The van der Waals surface area contributed by atoms with E-state index in [9.17, 15) is 14.7 Å². The lowest BCUT2D eigenvalue weighted by molar-refractivity contribution is -0.117. The lowest BCUT2D eigenvalue weighted by Crippen LogP contribution is -2.35. The SMILES string of the molecule is C/C=C(/NC(=O)c1ccccc1)C(=O)NCCc1ccc(O)cc1. The molecule has 0 aliphatic heterocycles. The highest BCUT2D eigenvalue weighted by Gasteiger charge is 2.12. The molecule has 0 fully saturated rings. The molecule has 3 N–H and O–H groups in total. The van der Waals surface area contributed by atoms with E-state index in [1.807, 2.05) is 6.07 Å². The quantitative estimate of drug-likeness (QED) is 0.714. The molecule has 2 aromatic carbocycles. The first-order valence-electron chi connectivity index (χ1n) is 7.69. The van der Waals surface area contributed by atoms with E-state index in [0.717, 1.165) is 5.56 Å². The summed E-state index contributed by atoms with van der Waals surface area (Å²) in [5.41, 5.74) is 1.71. The molecule has 0 spiro atoms. The summed E-state index contributed by atoms with van der Waals surface area (Å²) in [6, 6.07) is 15.5. The summed E-state index contributed by atoms with van der Waals surface area (Å²) in [4.78, 5) is 24.2. The summed E-state index contributed by atoms with van der Waals surface area (Å²) in [6.45, 7) is 2.13. The van der Waals surface area contributed by atoms with E-state index in [1.54, 1.807) is 61.5 Å². The minimum absolute atomic E-state index is 0.211. The standard InChI is InChI=1S/C19H20N2O3/c1-2-17(21-18(23)15-6-4-3-5-7-15)19(24)20-13-12-14-8-10-16(22)11-9-14/h2-11,22H,12-13H2,1H3,(H,20,24)(H,21,23)/b17-2+. The number of rotatable bonds is 6. The molecule has 0 radical (unpaired) electrons. The van der Waals surface area contributed by atoms with Crippen molar-refractivity contribution < 1.29 is 14.7 Å². The lowest BCUT2D eigenvalue weighted by Gasteiger charge is -2.10. The first kappa shape index (κ1) is 17.3. The van der Waals surface area contributed by atoms with Crippen LogP contribution in [0.2, 0.25) is 0 Å². The summed E-state index contributed by atoms with van der Waals surface area (Å²) >= 11 is 0. The Hall–Kier alpha value is -3.08. The van der Waals surface area contributed by atoms with Crippen LogP contribution in [0.15, 0.2) is 66.4 Å². The van der Waals surface area contributed by atoms with Crippen LogP contribution < -0.4 is 10.6 Å². The fourth-order valence-electron chi connectivity index (χ4n) is 2.12. The van der Waals surface area contributed by atoms with Crippen LogP contribution in [0.3, 0.4) is 0 Å². The molecule has 2 amide bonds. The molecule has 0 saturated carbocycles. The van der Waals surface area contributed by atoms with Gasteiger partial charge in [0, 0.05) is 12.1 Å². The van der Waals surface area contributed by atoms with Gasteiger partial charge in [0.05, 0.1) is 0 Å².